The highest BCUT2D eigenvalue weighted by Gasteiger charge is 2.08. The molecule has 0 spiro atoms. The topological polar surface area (TPSA) is 55.6 Å². The van der Waals surface area contributed by atoms with Gasteiger partial charge in [0.1, 0.15) is 22.8 Å². The van der Waals surface area contributed by atoms with Crippen molar-refractivity contribution in [2.45, 2.75) is 13.5 Å². The normalized spacial score (nSPS) is 11.0. The van der Waals surface area contributed by atoms with E-state index in [1.54, 1.807) is 17.7 Å². The number of hydrogen-bond acceptors (Lipinski definition) is 5. The third-order valence-electron chi connectivity index (χ3n) is 3.78. The first-order valence-electron chi connectivity index (χ1n) is 7.33. The Balaban J connectivity index is 1.65. The van der Waals surface area contributed by atoms with E-state index in [0.717, 1.165) is 27.5 Å². The zero-order valence-electron chi connectivity index (χ0n) is 12.6. The third-order valence-corrected chi connectivity index (χ3v) is 4.61. The standard InChI is InChI=1S/C17H15N5S/c1-12-18-7-8-22(12)15-5-3-2-4-13(15)10-19-16-14-6-9-23-17(14)21-11-20-16/h2-9,11H,10H2,1H3,(H,19,20,21). The molecule has 0 atom stereocenters. The maximum atomic E-state index is 4.37. The lowest BCUT2D eigenvalue weighted by Gasteiger charge is -2.13. The zero-order valence-corrected chi connectivity index (χ0v) is 13.4. The molecule has 0 saturated heterocycles. The summed E-state index contributed by atoms with van der Waals surface area (Å²) >= 11 is 1.62. The van der Waals surface area contributed by atoms with Crippen molar-refractivity contribution in [3.8, 4) is 5.69 Å². The van der Waals surface area contributed by atoms with Gasteiger partial charge in [-0.3, -0.25) is 0 Å². The van der Waals surface area contributed by atoms with Gasteiger partial charge in [0.15, 0.2) is 0 Å². The van der Waals surface area contributed by atoms with Gasteiger partial charge in [0.25, 0.3) is 0 Å². The van der Waals surface area contributed by atoms with Crippen molar-refractivity contribution in [1.82, 2.24) is 19.5 Å². The summed E-state index contributed by atoms with van der Waals surface area (Å²) in [5.74, 6) is 1.84. The minimum absolute atomic E-state index is 0.690. The number of fused-ring (bicyclic) bond motifs is 1. The zero-order chi connectivity index (χ0) is 15.6. The largest absolute Gasteiger partial charge is 0.365 e. The molecular weight excluding hydrogens is 306 g/mol. The molecule has 0 saturated carbocycles. The number of hydrogen-bond donors (Lipinski definition) is 1. The number of para-hydroxylation sites is 1. The number of nitrogens with one attached hydrogen (secondary N) is 1. The van der Waals surface area contributed by atoms with Crippen molar-refractivity contribution < 1.29 is 0 Å². The van der Waals surface area contributed by atoms with Gasteiger partial charge in [0, 0.05) is 18.9 Å². The summed E-state index contributed by atoms with van der Waals surface area (Å²) < 4.78 is 2.09. The van der Waals surface area contributed by atoms with Crippen molar-refractivity contribution in [2.75, 3.05) is 5.32 Å². The highest BCUT2D eigenvalue weighted by Crippen LogP contribution is 2.25. The van der Waals surface area contributed by atoms with E-state index in [9.17, 15) is 0 Å². The SMILES string of the molecule is Cc1nccn1-c1ccccc1CNc1ncnc2sccc12. The second-order valence-electron chi connectivity index (χ2n) is 5.19. The van der Waals surface area contributed by atoms with Crippen LogP contribution in [0.2, 0.25) is 0 Å². The number of anilines is 1. The Morgan fingerprint density at radius 1 is 1.13 bits per heavy atom. The molecule has 0 radical (unpaired) electrons. The van der Waals surface area contributed by atoms with Crippen molar-refractivity contribution in [2.24, 2.45) is 0 Å². The van der Waals surface area contributed by atoms with Gasteiger partial charge in [-0.1, -0.05) is 18.2 Å². The van der Waals surface area contributed by atoms with Crippen LogP contribution in [0.15, 0.2) is 54.4 Å². The number of aryl methyl sites for hydroxylation is 1. The Hall–Kier alpha value is -2.73. The Morgan fingerprint density at radius 3 is 2.91 bits per heavy atom. The molecule has 0 unspecified atom stereocenters. The summed E-state index contributed by atoms with van der Waals surface area (Å²) in [6.45, 7) is 2.69. The molecule has 6 heteroatoms. The van der Waals surface area contributed by atoms with E-state index in [1.807, 2.05) is 42.9 Å². The molecule has 0 amide bonds. The van der Waals surface area contributed by atoms with Gasteiger partial charge in [-0.2, -0.15) is 0 Å². The van der Waals surface area contributed by atoms with Crippen LogP contribution in [0.4, 0.5) is 5.82 Å². The number of benzene rings is 1. The summed E-state index contributed by atoms with van der Waals surface area (Å²) in [5, 5.41) is 6.53. The number of aromatic nitrogens is 4. The van der Waals surface area contributed by atoms with Crippen LogP contribution in [0, 0.1) is 6.92 Å². The lowest BCUT2D eigenvalue weighted by Crippen LogP contribution is -2.07. The average molecular weight is 321 g/mol. The molecular formula is C17H15N5S. The molecule has 1 aromatic carbocycles. The van der Waals surface area contributed by atoms with Crippen molar-refractivity contribution in [3.05, 3.63) is 65.8 Å². The number of thiophene rings is 1. The minimum atomic E-state index is 0.690. The van der Waals surface area contributed by atoms with Gasteiger partial charge in [-0.05, 0) is 30.0 Å². The summed E-state index contributed by atoms with van der Waals surface area (Å²) in [5.41, 5.74) is 2.32. The molecule has 23 heavy (non-hydrogen) atoms. The Kier molecular flexibility index (Phi) is 3.51. The van der Waals surface area contributed by atoms with Crippen LogP contribution < -0.4 is 5.32 Å². The average Bonchev–Trinajstić information content (AvgIpc) is 3.22. The Bertz CT molecular complexity index is 956. The van der Waals surface area contributed by atoms with Gasteiger partial charge in [0.2, 0.25) is 0 Å². The second-order valence-corrected chi connectivity index (χ2v) is 6.08. The van der Waals surface area contributed by atoms with E-state index in [0.29, 0.717) is 6.54 Å². The maximum absolute atomic E-state index is 4.37. The van der Waals surface area contributed by atoms with E-state index in [4.69, 9.17) is 0 Å². The van der Waals surface area contributed by atoms with E-state index in [-0.39, 0.29) is 0 Å². The minimum Gasteiger partial charge on any atom is -0.365 e. The molecule has 4 aromatic rings. The Morgan fingerprint density at radius 2 is 2.04 bits per heavy atom. The fourth-order valence-electron chi connectivity index (χ4n) is 2.64. The van der Waals surface area contributed by atoms with Crippen LogP contribution >= 0.6 is 11.3 Å². The molecule has 4 rings (SSSR count). The molecule has 1 N–H and O–H groups in total. The van der Waals surface area contributed by atoms with Crippen LogP contribution in [-0.4, -0.2) is 19.5 Å². The molecule has 0 aliphatic heterocycles. The van der Waals surface area contributed by atoms with Crippen LogP contribution in [0.3, 0.4) is 0 Å². The lowest BCUT2D eigenvalue weighted by molar-refractivity contribution is 0.947. The molecule has 0 bridgehead atoms. The van der Waals surface area contributed by atoms with Gasteiger partial charge in [0.05, 0.1) is 11.1 Å². The first-order valence-corrected chi connectivity index (χ1v) is 8.21. The first-order chi connectivity index (χ1) is 11.3. The third kappa shape index (κ3) is 2.57. The van der Waals surface area contributed by atoms with Crippen molar-refractivity contribution >= 4 is 27.4 Å². The molecule has 0 aliphatic carbocycles. The molecule has 3 heterocycles. The molecule has 5 nitrogen and oxygen atoms in total. The van der Waals surface area contributed by atoms with E-state index in [1.165, 1.54) is 5.56 Å². The predicted octanol–water partition coefficient (Wildman–Crippen LogP) is 3.80. The van der Waals surface area contributed by atoms with Gasteiger partial charge in [-0.15, -0.1) is 11.3 Å². The smallest absolute Gasteiger partial charge is 0.138 e. The van der Waals surface area contributed by atoms with Crippen LogP contribution in [0.25, 0.3) is 15.9 Å². The van der Waals surface area contributed by atoms with Gasteiger partial charge >= 0.3 is 0 Å². The fraction of sp³-hybridized carbons (Fsp3) is 0.118. The second kappa shape index (κ2) is 5.81. The highest BCUT2D eigenvalue weighted by molar-refractivity contribution is 7.16. The van der Waals surface area contributed by atoms with Crippen molar-refractivity contribution in [3.63, 3.8) is 0 Å². The van der Waals surface area contributed by atoms with Crippen LogP contribution in [-0.2, 0) is 6.54 Å². The monoisotopic (exact) mass is 321 g/mol. The fourth-order valence-corrected chi connectivity index (χ4v) is 3.37. The van der Waals surface area contributed by atoms with Gasteiger partial charge < -0.3 is 9.88 Å². The highest BCUT2D eigenvalue weighted by atomic mass is 32.1. The lowest BCUT2D eigenvalue weighted by atomic mass is 10.1. The molecule has 3 aromatic heterocycles. The summed E-state index contributed by atoms with van der Waals surface area (Å²) in [7, 11) is 0. The van der Waals surface area contributed by atoms with E-state index in [2.05, 4.69) is 37.0 Å². The van der Waals surface area contributed by atoms with Crippen LogP contribution in [0.1, 0.15) is 11.4 Å². The quantitative estimate of drug-likeness (QED) is 0.621. The molecule has 0 fully saturated rings. The first kappa shape index (κ1) is 13.9. The number of nitrogens with zero attached hydrogens (tertiary/aromatic N) is 4. The van der Waals surface area contributed by atoms with Gasteiger partial charge in [-0.25, -0.2) is 15.0 Å². The summed E-state index contributed by atoms with van der Waals surface area (Å²) in [4.78, 5) is 14.0. The summed E-state index contributed by atoms with van der Waals surface area (Å²) in [6, 6.07) is 10.4. The maximum Gasteiger partial charge on any atom is 0.138 e. The number of imidazole rings is 1. The predicted molar refractivity (Wildman–Crippen MR) is 93.0 cm³/mol. The molecule has 114 valence electrons. The Labute approximate surface area is 137 Å². The van der Waals surface area contributed by atoms with E-state index >= 15 is 0 Å². The van der Waals surface area contributed by atoms with Crippen LogP contribution in [0.5, 0.6) is 0 Å². The number of rotatable bonds is 4. The molecule has 0 aliphatic rings. The van der Waals surface area contributed by atoms with Crippen molar-refractivity contribution in [1.29, 1.82) is 0 Å². The summed E-state index contributed by atoms with van der Waals surface area (Å²) in [6.07, 6.45) is 5.40. The van der Waals surface area contributed by atoms with E-state index < -0.39 is 0 Å².